The Hall–Kier alpha value is -1.06. The van der Waals surface area contributed by atoms with E-state index in [4.69, 9.17) is 0 Å². The number of nitrogens with one attached hydrogen (secondary N) is 1. The second-order valence-electron chi connectivity index (χ2n) is 5.67. The molecule has 2 amide bonds. The second-order valence-corrected chi connectivity index (χ2v) is 5.67. The van der Waals surface area contributed by atoms with Gasteiger partial charge in [0.2, 0.25) is 11.8 Å². The Morgan fingerprint density at radius 1 is 1.21 bits per heavy atom. The molecular weight excluding hydrogens is 240 g/mol. The zero-order chi connectivity index (χ0) is 14.6. The van der Waals surface area contributed by atoms with E-state index >= 15 is 0 Å². The lowest BCUT2D eigenvalue weighted by atomic mass is 9.86. The summed E-state index contributed by atoms with van der Waals surface area (Å²) < 4.78 is 0. The van der Waals surface area contributed by atoms with Gasteiger partial charge < -0.3 is 10.2 Å². The van der Waals surface area contributed by atoms with Crippen LogP contribution in [0.25, 0.3) is 0 Å². The van der Waals surface area contributed by atoms with Crippen LogP contribution in [0.15, 0.2) is 0 Å². The van der Waals surface area contributed by atoms with Gasteiger partial charge in [-0.3, -0.25) is 9.59 Å². The first-order valence-corrected chi connectivity index (χ1v) is 7.58. The van der Waals surface area contributed by atoms with Gasteiger partial charge in [-0.15, -0.1) is 0 Å². The van der Waals surface area contributed by atoms with Crippen molar-refractivity contribution in [2.45, 2.75) is 71.9 Å². The molecular formula is C15H28N2O2. The van der Waals surface area contributed by atoms with E-state index in [1.807, 2.05) is 25.7 Å². The van der Waals surface area contributed by atoms with E-state index in [0.29, 0.717) is 31.7 Å². The minimum atomic E-state index is -0.684. The van der Waals surface area contributed by atoms with Crippen LogP contribution < -0.4 is 5.32 Å². The van der Waals surface area contributed by atoms with E-state index in [1.165, 1.54) is 0 Å². The van der Waals surface area contributed by atoms with Crippen molar-refractivity contribution in [2.24, 2.45) is 5.92 Å². The molecule has 1 heterocycles. The summed E-state index contributed by atoms with van der Waals surface area (Å²) in [6.45, 7) is 10.8. The number of rotatable bonds is 6. The molecule has 110 valence electrons. The third-order valence-electron chi connectivity index (χ3n) is 4.51. The van der Waals surface area contributed by atoms with Gasteiger partial charge in [0.25, 0.3) is 0 Å². The monoisotopic (exact) mass is 268 g/mol. The number of carbonyl (C=O) groups is 2. The van der Waals surface area contributed by atoms with Crippen molar-refractivity contribution >= 4 is 11.8 Å². The Morgan fingerprint density at radius 2 is 1.79 bits per heavy atom. The first-order valence-electron chi connectivity index (χ1n) is 7.58. The van der Waals surface area contributed by atoms with E-state index in [2.05, 4.69) is 19.2 Å². The van der Waals surface area contributed by atoms with Gasteiger partial charge in [0.1, 0.15) is 11.6 Å². The molecule has 19 heavy (non-hydrogen) atoms. The molecule has 0 aromatic rings. The van der Waals surface area contributed by atoms with Gasteiger partial charge in [0.05, 0.1) is 0 Å². The third kappa shape index (κ3) is 2.93. The van der Waals surface area contributed by atoms with Crippen molar-refractivity contribution in [1.29, 1.82) is 0 Å². The normalized spacial score (nSPS) is 24.3. The van der Waals surface area contributed by atoms with E-state index in [0.717, 1.165) is 6.42 Å². The molecule has 0 radical (unpaired) electrons. The van der Waals surface area contributed by atoms with Crippen LogP contribution in [0.4, 0.5) is 0 Å². The molecule has 4 heteroatoms. The summed E-state index contributed by atoms with van der Waals surface area (Å²) in [6.07, 6.45) is 3.01. The van der Waals surface area contributed by atoms with Crippen molar-refractivity contribution in [3.8, 4) is 0 Å². The molecule has 1 aliphatic rings. The number of carbonyl (C=O) groups excluding carboxylic acids is 2. The number of piperazine rings is 1. The van der Waals surface area contributed by atoms with Gasteiger partial charge in [0, 0.05) is 6.54 Å². The molecule has 0 bridgehead atoms. The summed E-state index contributed by atoms with van der Waals surface area (Å²) in [5.41, 5.74) is -0.684. The predicted molar refractivity (Wildman–Crippen MR) is 76.7 cm³/mol. The molecule has 0 aromatic heterocycles. The highest BCUT2D eigenvalue weighted by atomic mass is 16.2. The second kappa shape index (κ2) is 6.40. The Balaban J connectivity index is 3.05. The molecule has 4 nitrogen and oxygen atoms in total. The van der Waals surface area contributed by atoms with E-state index in [1.54, 1.807) is 0 Å². The molecule has 1 rings (SSSR count). The first-order chi connectivity index (χ1) is 8.95. The average Bonchev–Trinajstić information content (AvgIpc) is 2.42. The molecule has 0 aromatic carbocycles. The van der Waals surface area contributed by atoms with Crippen molar-refractivity contribution < 1.29 is 9.59 Å². The minimum Gasteiger partial charge on any atom is -0.340 e. The molecule has 1 aliphatic heterocycles. The van der Waals surface area contributed by atoms with Crippen molar-refractivity contribution in [1.82, 2.24) is 10.2 Å². The highest BCUT2D eigenvalue weighted by Gasteiger charge is 2.48. The van der Waals surface area contributed by atoms with Gasteiger partial charge in [-0.05, 0) is 25.2 Å². The molecule has 0 saturated carbocycles. The van der Waals surface area contributed by atoms with Crippen LogP contribution in [0.2, 0.25) is 0 Å². The van der Waals surface area contributed by atoms with E-state index in [9.17, 15) is 9.59 Å². The zero-order valence-corrected chi connectivity index (χ0v) is 13.0. The number of nitrogens with zero attached hydrogens (tertiary/aromatic N) is 1. The summed E-state index contributed by atoms with van der Waals surface area (Å²) in [7, 11) is 0. The van der Waals surface area contributed by atoms with Crippen LogP contribution in [0.5, 0.6) is 0 Å². The Labute approximate surface area is 116 Å². The van der Waals surface area contributed by atoms with Crippen molar-refractivity contribution in [3.05, 3.63) is 0 Å². The van der Waals surface area contributed by atoms with Crippen LogP contribution in [-0.4, -0.2) is 34.8 Å². The highest BCUT2D eigenvalue weighted by Crippen LogP contribution is 2.27. The molecule has 1 fully saturated rings. The van der Waals surface area contributed by atoms with Crippen LogP contribution in [-0.2, 0) is 9.59 Å². The largest absolute Gasteiger partial charge is 0.340 e. The summed E-state index contributed by atoms with van der Waals surface area (Å²) in [6, 6.07) is -0.298. The van der Waals surface area contributed by atoms with Gasteiger partial charge >= 0.3 is 0 Å². The van der Waals surface area contributed by atoms with Gasteiger partial charge in [-0.1, -0.05) is 41.0 Å². The van der Waals surface area contributed by atoms with Crippen LogP contribution >= 0.6 is 0 Å². The molecule has 0 aliphatic carbocycles. The van der Waals surface area contributed by atoms with Gasteiger partial charge in [0.15, 0.2) is 0 Å². The standard InChI is InChI=1S/C15H28N2O2/c1-6-11(5)10-17-12(7-2)13(18)16-15(8-3,9-4)14(17)19/h11-12H,6-10H2,1-5H3,(H,16,18). The first kappa shape index (κ1) is 16.0. The lowest BCUT2D eigenvalue weighted by molar-refractivity contribution is -0.156. The maximum atomic E-state index is 12.8. The van der Waals surface area contributed by atoms with Crippen molar-refractivity contribution in [2.75, 3.05) is 6.54 Å². The maximum Gasteiger partial charge on any atom is 0.248 e. The number of hydrogen-bond donors (Lipinski definition) is 1. The smallest absolute Gasteiger partial charge is 0.248 e. The molecule has 2 unspecified atom stereocenters. The fourth-order valence-corrected chi connectivity index (χ4v) is 2.74. The topological polar surface area (TPSA) is 49.4 Å². The summed E-state index contributed by atoms with van der Waals surface area (Å²) in [5.74, 6) is 0.536. The van der Waals surface area contributed by atoms with E-state index < -0.39 is 5.54 Å². The minimum absolute atomic E-state index is 0.00843. The number of hydrogen-bond acceptors (Lipinski definition) is 2. The predicted octanol–water partition coefficient (Wildman–Crippen LogP) is 2.33. The molecule has 1 saturated heterocycles. The Bertz CT molecular complexity index is 337. The van der Waals surface area contributed by atoms with Crippen molar-refractivity contribution in [3.63, 3.8) is 0 Å². The number of amides is 2. The van der Waals surface area contributed by atoms with Crippen LogP contribution in [0.3, 0.4) is 0 Å². The van der Waals surface area contributed by atoms with E-state index in [-0.39, 0.29) is 17.9 Å². The van der Waals surface area contributed by atoms with Gasteiger partial charge in [-0.25, -0.2) is 0 Å². The summed E-state index contributed by atoms with van der Waals surface area (Å²) in [5, 5.41) is 2.97. The molecule has 1 N–H and O–H groups in total. The van der Waals surface area contributed by atoms with Gasteiger partial charge in [-0.2, -0.15) is 0 Å². The molecule has 0 spiro atoms. The maximum absolute atomic E-state index is 12.8. The average molecular weight is 268 g/mol. The quantitative estimate of drug-likeness (QED) is 0.803. The lowest BCUT2D eigenvalue weighted by Crippen LogP contribution is -2.70. The lowest BCUT2D eigenvalue weighted by Gasteiger charge is -2.46. The SMILES string of the molecule is CCC(C)CN1C(=O)C(CC)(CC)NC(=O)C1CC. The summed E-state index contributed by atoms with van der Waals surface area (Å²) >= 11 is 0. The fraction of sp³-hybridized carbons (Fsp3) is 0.867. The summed E-state index contributed by atoms with van der Waals surface area (Å²) in [4.78, 5) is 26.9. The van der Waals surface area contributed by atoms with Crippen LogP contribution in [0, 0.1) is 5.92 Å². The van der Waals surface area contributed by atoms with Crippen LogP contribution in [0.1, 0.15) is 60.3 Å². The molecule has 2 atom stereocenters. The Kier molecular flexibility index (Phi) is 5.39. The highest BCUT2D eigenvalue weighted by molar-refractivity contribution is 5.99. The fourth-order valence-electron chi connectivity index (χ4n) is 2.74. The zero-order valence-electron chi connectivity index (χ0n) is 13.0. The third-order valence-corrected chi connectivity index (χ3v) is 4.51. The Morgan fingerprint density at radius 3 is 2.21 bits per heavy atom.